The highest BCUT2D eigenvalue weighted by Gasteiger charge is 2.04. The Morgan fingerprint density at radius 2 is 2.14 bits per heavy atom. The Balaban J connectivity index is 2.47. The molecule has 0 amide bonds. The first-order chi connectivity index (χ1) is 6.74. The van der Waals surface area contributed by atoms with E-state index < -0.39 is 0 Å². The third-order valence-electron chi connectivity index (χ3n) is 2.40. The summed E-state index contributed by atoms with van der Waals surface area (Å²) in [6.07, 6.45) is 4.85. The van der Waals surface area contributed by atoms with Crippen LogP contribution in [0.15, 0.2) is 28.7 Å². The van der Waals surface area contributed by atoms with Gasteiger partial charge in [0.1, 0.15) is 0 Å². The molecule has 1 nitrogen and oxygen atoms in total. The minimum atomic E-state index is 0.194. The molecule has 1 rings (SSSR count). The topological polar surface area (TPSA) is 26.0 Å². The Morgan fingerprint density at radius 3 is 2.79 bits per heavy atom. The molecule has 0 spiro atoms. The molecule has 1 atom stereocenters. The number of rotatable bonds is 5. The van der Waals surface area contributed by atoms with Gasteiger partial charge in [0.25, 0.3) is 0 Å². The lowest BCUT2D eigenvalue weighted by Gasteiger charge is -2.11. The third-order valence-corrected chi connectivity index (χ3v) is 2.89. The van der Waals surface area contributed by atoms with Crippen LogP contribution in [0, 0.1) is 0 Å². The van der Waals surface area contributed by atoms with E-state index in [0.29, 0.717) is 0 Å². The number of hydrogen-bond acceptors (Lipinski definition) is 1. The summed E-state index contributed by atoms with van der Waals surface area (Å²) in [5.74, 6) is 0. The average molecular weight is 256 g/mol. The summed E-state index contributed by atoms with van der Waals surface area (Å²) in [4.78, 5) is 0. The van der Waals surface area contributed by atoms with Crippen LogP contribution in [0.25, 0.3) is 0 Å². The van der Waals surface area contributed by atoms with E-state index in [1.807, 2.05) is 12.1 Å². The lowest BCUT2D eigenvalue weighted by molar-refractivity contribution is 0.581. The van der Waals surface area contributed by atoms with Gasteiger partial charge in [0.2, 0.25) is 0 Å². The van der Waals surface area contributed by atoms with E-state index in [0.717, 1.165) is 10.9 Å². The summed E-state index contributed by atoms with van der Waals surface area (Å²) in [5, 5.41) is 0. The Hall–Kier alpha value is -0.340. The zero-order valence-corrected chi connectivity index (χ0v) is 10.3. The maximum absolute atomic E-state index is 6.08. The van der Waals surface area contributed by atoms with E-state index in [9.17, 15) is 0 Å². The van der Waals surface area contributed by atoms with Crippen LogP contribution in [0.2, 0.25) is 0 Å². The first kappa shape index (κ1) is 11.7. The summed E-state index contributed by atoms with van der Waals surface area (Å²) in [5.41, 5.74) is 7.32. The zero-order valence-electron chi connectivity index (χ0n) is 8.67. The summed E-state index contributed by atoms with van der Waals surface area (Å²) in [6, 6.07) is 8.47. The number of unbranched alkanes of at least 4 members (excludes halogenated alkanes) is 2. The maximum Gasteiger partial charge on any atom is 0.0295 e. The normalized spacial score (nSPS) is 12.8. The smallest absolute Gasteiger partial charge is 0.0295 e. The largest absolute Gasteiger partial charge is 0.324 e. The Bertz CT molecular complexity index is 273. The molecule has 0 heterocycles. The van der Waals surface area contributed by atoms with Gasteiger partial charge in [-0.2, -0.15) is 0 Å². The van der Waals surface area contributed by atoms with Gasteiger partial charge in [-0.05, 0) is 24.1 Å². The van der Waals surface area contributed by atoms with E-state index in [4.69, 9.17) is 5.73 Å². The van der Waals surface area contributed by atoms with Gasteiger partial charge in [0, 0.05) is 10.5 Å². The molecule has 0 aliphatic rings. The number of nitrogens with two attached hydrogens (primary N) is 1. The van der Waals surface area contributed by atoms with Crippen LogP contribution >= 0.6 is 15.9 Å². The molecule has 0 fully saturated rings. The monoisotopic (exact) mass is 255 g/mol. The summed E-state index contributed by atoms with van der Waals surface area (Å²) in [7, 11) is 0. The fourth-order valence-corrected chi connectivity index (χ4v) is 1.94. The van der Waals surface area contributed by atoms with Gasteiger partial charge >= 0.3 is 0 Å². The molecule has 2 heteroatoms. The van der Waals surface area contributed by atoms with Crippen LogP contribution < -0.4 is 5.73 Å². The highest BCUT2D eigenvalue weighted by molar-refractivity contribution is 9.10. The van der Waals surface area contributed by atoms with Crippen LogP contribution in [0.1, 0.15) is 44.2 Å². The molecule has 0 aliphatic carbocycles. The van der Waals surface area contributed by atoms with Gasteiger partial charge in [0.05, 0.1) is 0 Å². The molecular weight excluding hydrogens is 238 g/mol. The quantitative estimate of drug-likeness (QED) is 0.791. The first-order valence-electron chi connectivity index (χ1n) is 5.25. The second-order valence-corrected chi connectivity index (χ2v) is 4.57. The van der Waals surface area contributed by atoms with Crippen LogP contribution in [-0.4, -0.2) is 0 Å². The highest BCUT2D eigenvalue weighted by atomic mass is 79.9. The van der Waals surface area contributed by atoms with Crippen molar-refractivity contribution in [2.45, 2.75) is 38.6 Å². The maximum atomic E-state index is 6.08. The van der Waals surface area contributed by atoms with Crippen molar-refractivity contribution in [3.63, 3.8) is 0 Å². The van der Waals surface area contributed by atoms with Crippen molar-refractivity contribution < 1.29 is 0 Å². The Labute approximate surface area is 94.8 Å². The molecule has 0 saturated carbocycles. The van der Waals surface area contributed by atoms with Crippen LogP contribution in [0.3, 0.4) is 0 Å². The molecule has 1 aromatic carbocycles. The summed E-state index contributed by atoms with van der Waals surface area (Å²) >= 11 is 3.46. The van der Waals surface area contributed by atoms with Gasteiger partial charge in [-0.15, -0.1) is 0 Å². The van der Waals surface area contributed by atoms with Gasteiger partial charge in [-0.1, -0.05) is 54.2 Å². The minimum Gasteiger partial charge on any atom is -0.324 e. The molecule has 0 aliphatic heterocycles. The number of halogens is 1. The Kier molecular flexibility index (Phi) is 5.20. The predicted molar refractivity (Wildman–Crippen MR) is 65.2 cm³/mol. The van der Waals surface area contributed by atoms with Gasteiger partial charge in [-0.25, -0.2) is 0 Å². The lowest BCUT2D eigenvalue weighted by atomic mass is 10.0. The average Bonchev–Trinajstić information content (AvgIpc) is 2.18. The Morgan fingerprint density at radius 1 is 1.36 bits per heavy atom. The van der Waals surface area contributed by atoms with E-state index in [1.54, 1.807) is 0 Å². The number of benzene rings is 1. The molecule has 0 saturated heterocycles. The second kappa shape index (κ2) is 6.20. The van der Waals surface area contributed by atoms with Crippen LogP contribution in [-0.2, 0) is 0 Å². The molecule has 2 N–H and O–H groups in total. The molecule has 0 radical (unpaired) electrons. The van der Waals surface area contributed by atoms with Crippen molar-refractivity contribution in [1.29, 1.82) is 0 Å². The van der Waals surface area contributed by atoms with Gasteiger partial charge in [0.15, 0.2) is 0 Å². The summed E-state index contributed by atoms with van der Waals surface area (Å²) in [6.45, 7) is 2.21. The molecule has 78 valence electrons. The highest BCUT2D eigenvalue weighted by Crippen LogP contribution is 2.20. The first-order valence-corrected chi connectivity index (χ1v) is 6.04. The van der Waals surface area contributed by atoms with E-state index in [2.05, 4.69) is 35.0 Å². The standard InChI is InChI=1S/C12H18BrN/c1-2-3-4-8-12(14)10-6-5-7-11(13)9-10/h5-7,9,12H,2-4,8,14H2,1H3. The van der Waals surface area contributed by atoms with Crippen LogP contribution in [0.4, 0.5) is 0 Å². The molecule has 0 aromatic heterocycles. The fraction of sp³-hybridized carbons (Fsp3) is 0.500. The SMILES string of the molecule is CCCCCC(N)c1cccc(Br)c1. The van der Waals surface area contributed by atoms with E-state index in [1.165, 1.54) is 24.8 Å². The van der Waals surface area contributed by atoms with Crippen molar-refractivity contribution in [2.75, 3.05) is 0 Å². The molecular formula is C12H18BrN. The van der Waals surface area contributed by atoms with Gasteiger partial charge < -0.3 is 5.73 Å². The van der Waals surface area contributed by atoms with E-state index in [-0.39, 0.29) is 6.04 Å². The minimum absolute atomic E-state index is 0.194. The molecule has 1 aromatic rings. The molecule has 14 heavy (non-hydrogen) atoms. The van der Waals surface area contributed by atoms with Gasteiger partial charge in [-0.3, -0.25) is 0 Å². The lowest BCUT2D eigenvalue weighted by Crippen LogP contribution is -2.09. The zero-order chi connectivity index (χ0) is 10.4. The molecule has 1 unspecified atom stereocenters. The fourth-order valence-electron chi connectivity index (χ4n) is 1.52. The van der Waals surface area contributed by atoms with Crippen molar-refractivity contribution >= 4 is 15.9 Å². The van der Waals surface area contributed by atoms with Crippen molar-refractivity contribution in [3.05, 3.63) is 34.3 Å². The predicted octanol–water partition coefficient (Wildman–Crippen LogP) is 4.03. The van der Waals surface area contributed by atoms with Crippen molar-refractivity contribution in [2.24, 2.45) is 5.73 Å². The number of hydrogen-bond donors (Lipinski definition) is 1. The van der Waals surface area contributed by atoms with Crippen molar-refractivity contribution in [1.82, 2.24) is 0 Å². The second-order valence-electron chi connectivity index (χ2n) is 3.66. The summed E-state index contributed by atoms with van der Waals surface area (Å²) < 4.78 is 1.11. The molecule has 0 bridgehead atoms. The van der Waals surface area contributed by atoms with Crippen LogP contribution in [0.5, 0.6) is 0 Å². The van der Waals surface area contributed by atoms with Crippen molar-refractivity contribution in [3.8, 4) is 0 Å². The third kappa shape index (κ3) is 3.81. The van der Waals surface area contributed by atoms with E-state index >= 15 is 0 Å².